The van der Waals surface area contributed by atoms with Crippen LogP contribution in [0.25, 0.3) is 10.9 Å². The number of ether oxygens (including phenoxy) is 1. The van der Waals surface area contributed by atoms with Crippen LogP contribution in [0.2, 0.25) is 0 Å². The van der Waals surface area contributed by atoms with Gasteiger partial charge in [0.25, 0.3) is 0 Å². The van der Waals surface area contributed by atoms with Gasteiger partial charge >= 0.3 is 12.1 Å². The first-order valence-electron chi connectivity index (χ1n) is 7.98. The number of phenols is 1. The van der Waals surface area contributed by atoms with Crippen LogP contribution in [0.15, 0.2) is 54.7 Å². The van der Waals surface area contributed by atoms with Gasteiger partial charge in [0, 0.05) is 18.0 Å². The van der Waals surface area contributed by atoms with E-state index in [1.807, 2.05) is 30.3 Å². The van der Waals surface area contributed by atoms with Crippen molar-refractivity contribution in [1.82, 2.24) is 4.57 Å². The van der Waals surface area contributed by atoms with Crippen LogP contribution in [0, 0.1) is 0 Å². The molecule has 134 valence electrons. The first-order chi connectivity index (χ1) is 12.5. The number of nitrogens with zero attached hydrogens (tertiary/aromatic N) is 1. The topological polar surface area (TPSA) is 115 Å². The average Bonchev–Trinajstić information content (AvgIpc) is 2.98. The number of nitrogens with two attached hydrogens (primary N) is 1. The van der Waals surface area contributed by atoms with E-state index in [1.54, 1.807) is 6.07 Å². The Morgan fingerprint density at radius 2 is 1.88 bits per heavy atom. The largest absolute Gasteiger partial charge is 0.508 e. The number of aliphatic carboxylic acids is 1. The zero-order valence-electron chi connectivity index (χ0n) is 13.8. The molecule has 0 amide bonds. The summed E-state index contributed by atoms with van der Waals surface area (Å²) in [6.07, 6.45) is 0.925. The van der Waals surface area contributed by atoms with Crippen molar-refractivity contribution in [1.29, 1.82) is 0 Å². The Morgan fingerprint density at radius 3 is 2.58 bits per heavy atom. The van der Waals surface area contributed by atoms with Crippen molar-refractivity contribution in [3.8, 4) is 5.75 Å². The van der Waals surface area contributed by atoms with E-state index in [4.69, 9.17) is 15.6 Å². The maximum atomic E-state index is 12.5. The van der Waals surface area contributed by atoms with E-state index in [2.05, 4.69) is 0 Å². The number of aromatic nitrogens is 1. The average molecular weight is 354 g/mol. The summed E-state index contributed by atoms with van der Waals surface area (Å²) in [4.78, 5) is 23.5. The number of aromatic hydroxyl groups is 1. The van der Waals surface area contributed by atoms with Gasteiger partial charge in [-0.15, -0.1) is 0 Å². The second-order valence-electron chi connectivity index (χ2n) is 5.91. The minimum atomic E-state index is -1.14. The number of fused-ring (bicyclic) bond motifs is 1. The quantitative estimate of drug-likeness (QED) is 0.648. The van der Waals surface area contributed by atoms with Crippen LogP contribution in [-0.4, -0.2) is 32.9 Å². The lowest BCUT2D eigenvalue weighted by Crippen LogP contribution is -2.32. The van der Waals surface area contributed by atoms with Crippen molar-refractivity contribution >= 4 is 23.0 Å². The number of carbonyl (C=O) groups excluding carboxylic acids is 1. The third-order valence-electron chi connectivity index (χ3n) is 4.03. The van der Waals surface area contributed by atoms with Gasteiger partial charge < -0.3 is 20.7 Å². The van der Waals surface area contributed by atoms with Gasteiger partial charge in [0.2, 0.25) is 0 Å². The Balaban J connectivity index is 1.90. The molecule has 0 bridgehead atoms. The SMILES string of the molecule is N[C@@H](Cc1cn(C(=O)OCc2ccccc2)c2ccc(O)cc12)C(=O)O. The van der Waals surface area contributed by atoms with Gasteiger partial charge in [0.15, 0.2) is 0 Å². The van der Waals surface area contributed by atoms with E-state index in [0.717, 1.165) is 5.56 Å². The monoisotopic (exact) mass is 354 g/mol. The van der Waals surface area contributed by atoms with Crippen LogP contribution < -0.4 is 5.73 Å². The molecule has 0 aliphatic rings. The summed E-state index contributed by atoms with van der Waals surface area (Å²) >= 11 is 0. The van der Waals surface area contributed by atoms with E-state index < -0.39 is 18.1 Å². The number of hydrogen-bond acceptors (Lipinski definition) is 5. The molecule has 0 aliphatic heterocycles. The molecule has 3 rings (SSSR count). The third-order valence-corrected chi connectivity index (χ3v) is 4.03. The molecule has 0 saturated carbocycles. The van der Waals surface area contributed by atoms with Crippen LogP contribution in [-0.2, 0) is 22.6 Å². The summed E-state index contributed by atoms with van der Waals surface area (Å²) in [5.41, 5.74) is 7.51. The number of phenolic OH excluding ortho intramolecular Hbond substituents is 1. The second-order valence-corrected chi connectivity index (χ2v) is 5.91. The summed E-state index contributed by atoms with van der Waals surface area (Å²) in [7, 11) is 0. The molecule has 1 heterocycles. The normalized spacial score (nSPS) is 12.0. The fourth-order valence-corrected chi connectivity index (χ4v) is 2.71. The highest BCUT2D eigenvalue weighted by atomic mass is 16.5. The van der Waals surface area contributed by atoms with E-state index in [1.165, 1.54) is 22.9 Å². The minimum Gasteiger partial charge on any atom is -0.508 e. The molecule has 1 aromatic heterocycles. The molecule has 2 aromatic carbocycles. The molecule has 1 atom stereocenters. The molecule has 26 heavy (non-hydrogen) atoms. The molecular weight excluding hydrogens is 336 g/mol. The van der Waals surface area contributed by atoms with Gasteiger partial charge in [0.1, 0.15) is 18.4 Å². The third kappa shape index (κ3) is 3.68. The van der Waals surface area contributed by atoms with E-state index in [0.29, 0.717) is 16.5 Å². The summed E-state index contributed by atoms with van der Waals surface area (Å²) in [5.74, 6) is -1.13. The molecule has 0 saturated heterocycles. The smallest absolute Gasteiger partial charge is 0.418 e. The molecule has 0 spiro atoms. The highest BCUT2D eigenvalue weighted by Crippen LogP contribution is 2.26. The standard InChI is InChI=1S/C19H18N2O5/c20-16(18(23)24)8-13-10-21(17-7-6-14(22)9-15(13)17)19(25)26-11-12-4-2-1-3-5-12/h1-7,9-10,16,22H,8,11,20H2,(H,23,24)/t16-/m0/s1. The van der Waals surface area contributed by atoms with Crippen LogP contribution >= 0.6 is 0 Å². The second kappa shape index (κ2) is 7.28. The molecule has 7 heteroatoms. The fraction of sp³-hybridized carbons (Fsp3) is 0.158. The molecule has 0 aliphatic carbocycles. The van der Waals surface area contributed by atoms with Gasteiger partial charge in [-0.3, -0.25) is 9.36 Å². The number of rotatable bonds is 5. The van der Waals surface area contributed by atoms with Crippen molar-refractivity contribution in [2.45, 2.75) is 19.1 Å². The number of benzene rings is 2. The predicted octanol–water partition coefficient (Wildman–Crippen LogP) is 2.49. The molecule has 3 aromatic rings. The lowest BCUT2D eigenvalue weighted by atomic mass is 10.1. The molecule has 4 N–H and O–H groups in total. The van der Waals surface area contributed by atoms with Crippen LogP contribution in [0.3, 0.4) is 0 Å². The predicted molar refractivity (Wildman–Crippen MR) is 94.9 cm³/mol. The number of carbonyl (C=O) groups is 2. The van der Waals surface area contributed by atoms with Gasteiger partial charge in [-0.25, -0.2) is 4.79 Å². The Kier molecular flexibility index (Phi) is 4.90. The summed E-state index contributed by atoms with van der Waals surface area (Å²) in [6, 6.07) is 12.6. The summed E-state index contributed by atoms with van der Waals surface area (Å²) in [5, 5.41) is 19.3. The van der Waals surface area contributed by atoms with Crippen molar-refractivity contribution < 1.29 is 24.5 Å². The summed E-state index contributed by atoms with van der Waals surface area (Å²) in [6.45, 7) is 0.113. The van der Waals surface area contributed by atoms with Gasteiger partial charge in [0.05, 0.1) is 5.52 Å². The Labute approximate surface area is 149 Å². The van der Waals surface area contributed by atoms with Gasteiger partial charge in [-0.1, -0.05) is 30.3 Å². The van der Waals surface area contributed by atoms with Crippen molar-refractivity contribution in [3.63, 3.8) is 0 Å². The Hall–Kier alpha value is -3.32. The Bertz CT molecular complexity index is 949. The first kappa shape index (κ1) is 17.5. The zero-order chi connectivity index (χ0) is 18.7. The number of carboxylic acids is 1. The van der Waals surface area contributed by atoms with Crippen LogP contribution in [0.4, 0.5) is 4.79 Å². The van der Waals surface area contributed by atoms with E-state index in [-0.39, 0.29) is 18.8 Å². The van der Waals surface area contributed by atoms with Crippen LogP contribution in [0.1, 0.15) is 11.1 Å². The maximum absolute atomic E-state index is 12.5. The minimum absolute atomic E-state index is 0.0121. The Morgan fingerprint density at radius 1 is 1.15 bits per heavy atom. The van der Waals surface area contributed by atoms with Crippen molar-refractivity contribution in [2.24, 2.45) is 5.73 Å². The number of carboxylic acid groups (broad SMARTS) is 1. The lowest BCUT2D eigenvalue weighted by Gasteiger charge is -2.06. The first-order valence-corrected chi connectivity index (χ1v) is 7.98. The highest BCUT2D eigenvalue weighted by Gasteiger charge is 2.19. The van der Waals surface area contributed by atoms with E-state index in [9.17, 15) is 14.7 Å². The van der Waals surface area contributed by atoms with Gasteiger partial charge in [-0.05, 0) is 29.3 Å². The molecule has 0 radical (unpaired) electrons. The molecular formula is C19H18N2O5. The maximum Gasteiger partial charge on any atom is 0.418 e. The highest BCUT2D eigenvalue weighted by molar-refractivity contribution is 5.93. The lowest BCUT2D eigenvalue weighted by molar-refractivity contribution is -0.138. The molecule has 0 unspecified atom stereocenters. The van der Waals surface area contributed by atoms with Gasteiger partial charge in [-0.2, -0.15) is 0 Å². The number of hydrogen-bond donors (Lipinski definition) is 3. The van der Waals surface area contributed by atoms with Crippen molar-refractivity contribution in [3.05, 3.63) is 65.9 Å². The molecule has 0 fully saturated rings. The van der Waals surface area contributed by atoms with Crippen molar-refractivity contribution in [2.75, 3.05) is 0 Å². The summed E-state index contributed by atoms with van der Waals surface area (Å²) < 4.78 is 6.63. The molecule has 7 nitrogen and oxygen atoms in total. The van der Waals surface area contributed by atoms with Crippen LogP contribution in [0.5, 0.6) is 5.75 Å². The zero-order valence-corrected chi connectivity index (χ0v) is 13.8. The fourth-order valence-electron chi connectivity index (χ4n) is 2.71. The van der Waals surface area contributed by atoms with E-state index >= 15 is 0 Å².